The molecule has 1 aromatic rings. The van der Waals surface area contributed by atoms with Gasteiger partial charge in [-0.25, -0.2) is 0 Å². The van der Waals surface area contributed by atoms with E-state index in [0.717, 1.165) is 16.7 Å². The van der Waals surface area contributed by atoms with Gasteiger partial charge in [-0.3, -0.25) is 28.9 Å². The van der Waals surface area contributed by atoms with Crippen molar-refractivity contribution in [2.75, 3.05) is 11.5 Å². The number of imide groups is 1. The van der Waals surface area contributed by atoms with Crippen LogP contribution in [-0.2, 0) is 28.6 Å². The molecule has 5 atom stereocenters. The molecule has 3 rings (SSSR count). The molecule has 2 unspecified atom stereocenters. The second-order valence-electron chi connectivity index (χ2n) is 7.47. The van der Waals surface area contributed by atoms with Gasteiger partial charge < -0.3 is 14.2 Å². The molecule has 1 fully saturated rings. The highest BCUT2D eigenvalue weighted by Crippen LogP contribution is 2.39. The van der Waals surface area contributed by atoms with Crippen LogP contribution in [0.5, 0.6) is 0 Å². The lowest BCUT2D eigenvalue weighted by Crippen LogP contribution is -2.66. The minimum atomic E-state index is -1.18. The smallest absolute Gasteiger partial charge is 0.303 e. The molecule has 0 radical (unpaired) electrons. The minimum Gasteiger partial charge on any atom is -0.456 e. The minimum absolute atomic E-state index is 0.140. The SMILES string of the molecule is CCSC1OC(CSC(C)=O)[C@@H](OC(C)=O)[C@H](OC(C)=O)[C@@H]1N1C(=O)c2ccccc2C1=O. The number of benzene rings is 1. The maximum atomic E-state index is 13.3. The maximum absolute atomic E-state index is 13.3. The van der Waals surface area contributed by atoms with Crippen molar-refractivity contribution in [3.63, 3.8) is 0 Å². The number of thioether (sulfide) groups is 2. The first-order valence-corrected chi connectivity index (χ1v) is 12.4. The molecule has 2 aliphatic rings. The molecule has 1 saturated heterocycles. The number of amides is 2. The molecule has 2 heterocycles. The van der Waals surface area contributed by atoms with Gasteiger partial charge in [0, 0.05) is 26.5 Å². The summed E-state index contributed by atoms with van der Waals surface area (Å²) in [5.74, 6) is -1.69. The van der Waals surface area contributed by atoms with Gasteiger partial charge in [-0.2, -0.15) is 0 Å². The molecule has 0 aromatic heterocycles. The van der Waals surface area contributed by atoms with Crippen LogP contribution in [-0.4, -0.2) is 75.1 Å². The third kappa shape index (κ3) is 5.42. The highest BCUT2D eigenvalue weighted by Gasteiger charge is 2.56. The third-order valence-corrected chi connectivity index (χ3v) is 7.08. The van der Waals surface area contributed by atoms with Crippen molar-refractivity contribution < 1.29 is 38.2 Å². The van der Waals surface area contributed by atoms with Crippen LogP contribution in [0.2, 0.25) is 0 Å². The van der Waals surface area contributed by atoms with E-state index >= 15 is 0 Å². The first-order chi connectivity index (χ1) is 15.6. The van der Waals surface area contributed by atoms with E-state index in [9.17, 15) is 24.0 Å². The highest BCUT2D eigenvalue weighted by molar-refractivity contribution is 8.13. The van der Waals surface area contributed by atoms with Crippen LogP contribution < -0.4 is 0 Å². The standard InChI is InChI=1S/C22H25NO8S2/c1-5-32-22-17(23-20(27)14-8-6-7-9-15(14)21(23)28)19(30-12(3)25)18(29-11(2)24)16(31-22)10-33-13(4)26/h6-9,16-19,22H,5,10H2,1-4H3/t16?,17-,18+,19+,22?/m0/s1. The number of nitrogens with zero attached hydrogens (tertiary/aromatic N) is 1. The number of fused-ring (bicyclic) bond motifs is 1. The van der Waals surface area contributed by atoms with Gasteiger partial charge in [-0.05, 0) is 17.9 Å². The van der Waals surface area contributed by atoms with Gasteiger partial charge in [0.25, 0.3) is 11.8 Å². The molecule has 0 bridgehead atoms. The molecule has 9 nitrogen and oxygen atoms in total. The Morgan fingerprint density at radius 2 is 1.52 bits per heavy atom. The summed E-state index contributed by atoms with van der Waals surface area (Å²) >= 11 is 2.31. The fourth-order valence-corrected chi connectivity index (χ4v) is 5.63. The molecule has 2 amide bonds. The van der Waals surface area contributed by atoms with Gasteiger partial charge in [0.2, 0.25) is 0 Å². The molecule has 0 N–H and O–H groups in total. The topological polar surface area (TPSA) is 116 Å². The van der Waals surface area contributed by atoms with Gasteiger partial charge in [0.15, 0.2) is 17.3 Å². The van der Waals surface area contributed by atoms with Crippen molar-refractivity contribution in [2.24, 2.45) is 0 Å². The number of carbonyl (C=O) groups is 5. The summed E-state index contributed by atoms with van der Waals surface area (Å²) in [5, 5.41) is -0.161. The van der Waals surface area contributed by atoms with Crippen LogP contribution in [0.25, 0.3) is 0 Å². The van der Waals surface area contributed by atoms with Crippen molar-refractivity contribution in [1.82, 2.24) is 4.90 Å². The summed E-state index contributed by atoms with van der Waals surface area (Å²) < 4.78 is 17.3. The third-order valence-electron chi connectivity index (χ3n) is 5.12. The number of hydrogen-bond acceptors (Lipinski definition) is 10. The van der Waals surface area contributed by atoms with E-state index in [2.05, 4.69) is 0 Å². The van der Waals surface area contributed by atoms with Crippen LogP contribution in [0.3, 0.4) is 0 Å². The van der Waals surface area contributed by atoms with Crippen molar-refractivity contribution in [3.05, 3.63) is 35.4 Å². The van der Waals surface area contributed by atoms with E-state index < -0.39 is 53.5 Å². The molecular weight excluding hydrogens is 470 g/mol. The van der Waals surface area contributed by atoms with E-state index in [1.54, 1.807) is 24.3 Å². The Bertz CT molecular complexity index is 932. The average molecular weight is 496 g/mol. The molecule has 178 valence electrons. The van der Waals surface area contributed by atoms with Crippen LogP contribution in [0.1, 0.15) is 48.4 Å². The summed E-state index contributed by atoms with van der Waals surface area (Å²) in [6.45, 7) is 5.68. The van der Waals surface area contributed by atoms with E-state index in [1.165, 1.54) is 32.5 Å². The number of hydrogen-bond donors (Lipinski definition) is 0. The Kier molecular flexibility index (Phi) is 8.19. The fourth-order valence-electron chi connectivity index (χ4n) is 3.94. The largest absolute Gasteiger partial charge is 0.456 e. The van der Waals surface area contributed by atoms with E-state index in [-0.39, 0.29) is 22.0 Å². The van der Waals surface area contributed by atoms with Crippen molar-refractivity contribution in [2.45, 2.75) is 57.5 Å². The number of rotatable bonds is 7. The van der Waals surface area contributed by atoms with Gasteiger partial charge in [0.1, 0.15) is 17.6 Å². The molecule has 0 spiro atoms. The number of esters is 2. The van der Waals surface area contributed by atoms with Crippen LogP contribution in [0, 0.1) is 0 Å². The van der Waals surface area contributed by atoms with Gasteiger partial charge in [0.05, 0.1) is 11.1 Å². The maximum Gasteiger partial charge on any atom is 0.303 e. The normalized spacial score (nSPS) is 26.7. The molecule has 0 aliphatic carbocycles. The zero-order valence-corrected chi connectivity index (χ0v) is 20.3. The summed E-state index contributed by atoms with van der Waals surface area (Å²) in [7, 11) is 0. The van der Waals surface area contributed by atoms with Crippen molar-refractivity contribution in [3.8, 4) is 0 Å². The Morgan fingerprint density at radius 1 is 0.970 bits per heavy atom. The molecule has 1 aromatic carbocycles. The molecule has 11 heteroatoms. The van der Waals surface area contributed by atoms with E-state index in [4.69, 9.17) is 14.2 Å². The summed E-state index contributed by atoms with van der Waals surface area (Å²) in [5.41, 5.74) is -0.295. The Morgan fingerprint density at radius 3 is 2.00 bits per heavy atom. The average Bonchev–Trinajstić information content (AvgIpc) is 2.99. The molecular formula is C22H25NO8S2. The quantitative estimate of drug-likeness (QED) is 0.412. The zero-order valence-electron chi connectivity index (χ0n) is 18.6. The lowest BCUT2D eigenvalue weighted by atomic mass is 9.96. The van der Waals surface area contributed by atoms with Crippen LogP contribution >= 0.6 is 23.5 Å². The monoisotopic (exact) mass is 495 g/mol. The van der Waals surface area contributed by atoms with Crippen LogP contribution in [0.15, 0.2) is 24.3 Å². The number of carbonyl (C=O) groups excluding carboxylic acids is 5. The molecule has 0 saturated carbocycles. The number of ether oxygens (including phenoxy) is 3. The Hall–Kier alpha value is -2.37. The second kappa shape index (κ2) is 10.7. The van der Waals surface area contributed by atoms with E-state index in [0.29, 0.717) is 5.75 Å². The summed E-state index contributed by atoms with van der Waals surface area (Å²) in [6.07, 6.45) is -3.10. The Balaban J connectivity index is 2.07. The summed E-state index contributed by atoms with van der Waals surface area (Å²) in [6, 6.07) is 5.37. The molecule has 33 heavy (non-hydrogen) atoms. The highest BCUT2D eigenvalue weighted by atomic mass is 32.2. The molecule has 2 aliphatic heterocycles. The van der Waals surface area contributed by atoms with E-state index in [1.807, 2.05) is 6.92 Å². The van der Waals surface area contributed by atoms with Crippen molar-refractivity contribution in [1.29, 1.82) is 0 Å². The van der Waals surface area contributed by atoms with Crippen molar-refractivity contribution >= 4 is 52.4 Å². The van der Waals surface area contributed by atoms with Gasteiger partial charge in [-0.15, -0.1) is 11.8 Å². The van der Waals surface area contributed by atoms with Crippen LogP contribution in [0.4, 0.5) is 0 Å². The first-order valence-electron chi connectivity index (χ1n) is 10.4. The van der Waals surface area contributed by atoms with Gasteiger partial charge >= 0.3 is 11.9 Å². The Labute approximate surface area is 199 Å². The first kappa shape index (κ1) is 25.3. The lowest BCUT2D eigenvalue weighted by Gasteiger charge is -2.47. The predicted octanol–water partition coefficient (Wildman–Crippen LogP) is 2.27. The second-order valence-corrected chi connectivity index (χ2v) is 10.0. The summed E-state index contributed by atoms with van der Waals surface area (Å²) in [4.78, 5) is 63.1. The fraction of sp³-hybridized carbons (Fsp3) is 0.500. The lowest BCUT2D eigenvalue weighted by molar-refractivity contribution is -0.205. The van der Waals surface area contributed by atoms with Gasteiger partial charge in [-0.1, -0.05) is 30.8 Å². The zero-order chi connectivity index (χ0) is 24.3. The predicted molar refractivity (Wildman–Crippen MR) is 122 cm³/mol.